The molecule has 1 saturated heterocycles. The lowest BCUT2D eigenvalue weighted by Gasteiger charge is -2.35. The number of nitrogens with one attached hydrogen (secondary N) is 1. The highest BCUT2D eigenvalue weighted by atomic mass is 19.3. The maximum Gasteiger partial charge on any atom is 0.349 e. The van der Waals surface area contributed by atoms with Crippen LogP contribution in [0.25, 0.3) is 0 Å². The van der Waals surface area contributed by atoms with Crippen molar-refractivity contribution in [3.63, 3.8) is 0 Å². The van der Waals surface area contributed by atoms with Gasteiger partial charge in [0.1, 0.15) is 0 Å². The van der Waals surface area contributed by atoms with Crippen LogP contribution in [0.5, 0.6) is 0 Å². The van der Waals surface area contributed by atoms with Crippen LogP contribution in [0.4, 0.5) is 8.78 Å². The number of nitrogens with zero attached hydrogens (tertiary/aromatic N) is 1. The minimum absolute atomic E-state index is 0.171. The quantitative estimate of drug-likeness (QED) is 0.922. The largest absolute Gasteiger partial charge is 0.349 e. The van der Waals surface area contributed by atoms with Gasteiger partial charge >= 0.3 is 5.92 Å². The molecule has 5 heteroatoms. The third kappa shape index (κ3) is 3.15. The number of hydrogen-bond acceptors (Lipinski definition) is 2. The Bertz CT molecular complexity index is 464. The molecule has 1 N–H and O–H groups in total. The van der Waals surface area contributed by atoms with E-state index in [4.69, 9.17) is 0 Å². The van der Waals surface area contributed by atoms with Crippen molar-refractivity contribution >= 4 is 5.91 Å². The zero-order chi connectivity index (χ0) is 14.8. The third-order valence-electron chi connectivity index (χ3n) is 3.85. The van der Waals surface area contributed by atoms with Crippen molar-refractivity contribution in [1.82, 2.24) is 10.2 Å². The second-order valence-electron chi connectivity index (χ2n) is 5.55. The Kier molecular flexibility index (Phi) is 4.38. The van der Waals surface area contributed by atoms with Gasteiger partial charge in [-0.2, -0.15) is 8.78 Å². The number of rotatable bonds is 3. The number of alkyl halides is 2. The van der Waals surface area contributed by atoms with E-state index in [9.17, 15) is 13.6 Å². The van der Waals surface area contributed by atoms with Gasteiger partial charge in [-0.25, -0.2) is 0 Å². The van der Waals surface area contributed by atoms with Gasteiger partial charge in [0, 0.05) is 18.2 Å². The zero-order valence-electron chi connectivity index (χ0n) is 11.8. The van der Waals surface area contributed by atoms with Crippen molar-refractivity contribution in [2.75, 3.05) is 20.1 Å². The summed E-state index contributed by atoms with van der Waals surface area (Å²) >= 11 is 0. The molecule has 0 unspecified atom stereocenters. The molecule has 0 radical (unpaired) electrons. The molecule has 1 heterocycles. The van der Waals surface area contributed by atoms with Gasteiger partial charge in [-0.3, -0.25) is 4.79 Å². The van der Waals surface area contributed by atoms with Gasteiger partial charge in [-0.15, -0.1) is 0 Å². The van der Waals surface area contributed by atoms with E-state index in [-0.39, 0.29) is 17.5 Å². The lowest BCUT2D eigenvalue weighted by Crippen LogP contribution is -2.52. The van der Waals surface area contributed by atoms with Crippen LogP contribution in [0.3, 0.4) is 0 Å². The minimum Gasteiger partial charge on any atom is -0.347 e. The van der Waals surface area contributed by atoms with Crippen LogP contribution in [0.15, 0.2) is 30.3 Å². The van der Waals surface area contributed by atoms with Crippen molar-refractivity contribution < 1.29 is 13.6 Å². The molecule has 1 aliphatic heterocycles. The number of hydrogen-bond donors (Lipinski definition) is 1. The van der Waals surface area contributed by atoms with E-state index >= 15 is 0 Å². The molecule has 0 spiro atoms. The molecule has 1 aromatic rings. The molecule has 0 bridgehead atoms. The molecular formula is C15H20F2N2O. The first-order valence-corrected chi connectivity index (χ1v) is 6.84. The first-order valence-electron chi connectivity index (χ1n) is 6.84. The average Bonchev–Trinajstić information content (AvgIpc) is 2.42. The van der Waals surface area contributed by atoms with E-state index in [1.807, 2.05) is 14.0 Å². The molecule has 2 atom stereocenters. The SMILES string of the molecule is C[C@@H]1CN(C)CC[C@@H]1NC(=O)C(F)(F)c1ccccc1. The Balaban J connectivity index is 2.04. The normalized spacial score (nSPS) is 24.4. The lowest BCUT2D eigenvalue weighted by atomic mass is 9.93. The number of carbonyl (C=O) groups excluding carboxylic acids is 1. The molecule has 0 saturated carbocycles. The summed E-state index contributed by atoms with van der Waals surface area (Å²) in [4.78, 5) is 14.0. The van der Waals surface area contributed by atoms with Crippen LogP contribution in [0, 0.1) is 5.92 Å². The summed E-state index contributed by atoms with van der Waals surface area (Å²) in [5, 5.41) is 2.51. The van der Waals surface area contributed by atoms with E-state index in [2.05, 4.69) is 10.2 Å². The van der Waals surface area contributed by atoms with E-state index in [0.29, 0.717) is 6.42 Å². The first-order chi connectivity index (χ1) is 9.41. The Morgan fingerprint density at radius 2 is 2.00 bits per heavy atom. The number of piperidine rings is 1. The smallest absolute Gasteiger partial charge is 0.347 e. The summed E-state index contributed by atoms with van der Waals surface area (Å²) in [7, 11) is 1.99. The van der Waals surface area contributed by atoms with Gasteiger partial charge in [0.15, 0.2) is 0 Å². The fourth-order valence-electron chi connectivity index (χ4n) is 2.61. The maximum atomic E-state index is 14.1. The van der Waals surface area contributed by atoms with Crippen LogP contribution < -0.4 is 5.32 Å². The fourth-order valence-corrected chi connectivity index (χ4v) is 2.61. The van der Waals surface area contributed by atoms with E-state index < -0.39 is 11.8 Å². The van der Waals surface area contributed by atoms with Gasteiger partial charge in [-0.05, 0) is 25.9 Å². The average molecular weight is 282 g/mol. The summed E-state index contributed by atoms with van der Waals surface area (Å²) in [5.41, 5.74) is -0.266. The molecule has 0 aromatic heterocycles. The summed E-state index contributed by atoms with van der Waals surface area (Å²) in [6.45, 7) is 3.59. The summed E-state index contributed by atoms with van der Waals surface area (Å²) in [5.74, 6) is -4.51. The minimum atomic E-state index is -3.48. The van der Waals surface area contributed by atoms with Gasteiger partial charge < -0.3 is 10.2 Å². The van der Waals surface area contributed by atoms with Gasteiger partial charge in [0.25, 0.3) is 5.91 Å². The van der Waals surface area contributed by atoms with Crippen molar-refractivity contribution in [3.05, 3.63) is 35.9 Å². The van der Waals surface area contributed by atoms with Gasteiger partial charge in [0.05, 0.1) is 0 Å². The first kappa shape index (κ1) is 14.9. The standard InChI is InChI=1S/C15H20F2N2O/c1-11-10-19(2)9-8-13(11)18-14(20)15(16,17)12-6-4-3-5-7-12/h3-7,11,13H,8-10H2,1-2H3,(H,18,20)/t11-,13+/m1/s1. The summed E-state index contributed by atoms with van der Waals surface area (Å²) in [6, 6.07) is 7.03. The topological polar surface area (TPSA) is 32.3 Å². The van der Waals surface area contributed by atoms with Crippen LogP contribution in [0.1, 0.15) is 18.9 Å². The van der Waals surface area contributed by atoms with Crippen molar-refractivity contribution in [1.29, 1.82) is 0 Å². The van der Waals surface area contributed by atoms with Crippen LogP contribution in [-0.4, -0.2) is 37.0 Å². The Labute approximate surface area is 118 Å². The van der Waals surface area contributed by atoms with E-state index in [1.165, 1.54) is 24.3 Å². The highest BCUT2D eigenvalue weighted by Crippen LogP contribution is 2.28. The molecule has 1 aromatic carbocycles. The lowest BCUT2D eigenvalue weighted by molar-refractivity contribution is -0.148. The molecule has 2 rings (SSSR count). The fraction of sp³-hybridized carbons (Fsp3) is 0.533. The maximum absolute atomic E-state index is 14.1. The predicted molar refractivity (Wildman–Crippen MR) is 73.5 cm³/mol. The monoisotopic (exact) mass is 282 g/mol. The van der Waals surface area contributed by atoms with Crippen LogP contribution >= 0.6 is 0 Å². The predicted octanol–water partition coefficient (Wildman–Crippen LogP) is 2.23. The van der Waals surface area contributed by atoms with Crippen LogP contribution in [-0.2, 0) is 10.7 Å². The van der Waals surface area contributed by atoms with Gasteiger partial charge in [-0.1, -0.05) is 37.3 Å². The second-order valence-corrected chi connectivity index (χ2v) is 5.55. The number of likely N-dealkylation sites (tertiary alicyclic amines) is 1. The number of amides is 1. The number of carbonyl (C=O) groups is 1. The highest BCUT2D eigenvalue weighted by molar-refractivity contribution is 5.85. The molecule has 1 aliphatic rings. The summed E-state index contributed by atoms with van der Waals surface area (Å²) in [6.07, 6.45) is 0.703. The number of halogens is 2. The molecule has 20 heavy (non-hydrogen) atoms. The van der Waals surface area contributed by atoms with Crippen molar-refractivity contribution in [2.24, 2.45) is 5.92 Å². The van der Waals surface area contributed by atoms with E-state index in [0.717, 1.165) is 13.1 Å². The van der Waals surface area contributed by atoms with Crippen LogP contribution in [0.2, 0.25) is 0 Å². The van der Waals surface area contributed by atoms with E-state index in [1.54, 1.807) is 6.07 Å². The molecule has 1 fully saturated rings. The van der Waals surface area contributed by atoms with Crippen molar-refractivity contribution in [3.8, 4) is 0 Å². The second kappa shape index (κ2) is 5.87. The number of benzene rings is 1. The zero-order valence-corrected chi connectivity index (χ0v) is 11.8. The molecule has 1 amide bonds. The Morgan fingerprint density at radius 1 is 1.35 bits per heavy atom. The molecular weight excluding hydrogens is 262 g/mol. The highest BCUT2D eigenvalue weighted by Gasteiger charge is 2.42. The Hall–Kier alpha value is -1.49. The molecule has 3 nitrogen and oxygen atoms in total. The van der Waals surface area contributed by atoms with Crippen molar-refractivity contribution in [2.45, 2.75) is 25.3 Å². The third-order valence-corrected chi connectivity index (χ3v) is 3.85. The summed E-state index contributed by atoms with van der Waals surface area (Å²) < 4.78 is 28.2. The molecule has 0 aliphatic carbocycles. The Morgan fingerprint density at radius 3 is 2.60 bits per heavy atom. The molecule has 110 valence electrons. The van der Waals surface area contributed by atoms with Gasteiger partial charge in [0.2, 0.25) is 0 Å².